The molecule has 0 fully saturated rings. The van der Waals surface area contributed by atoms with Gasteiger partial charge in [0, 0.05) is 10.8 Å². The summed E-state index contributed by atoms with van der Waals surface area (Å²) in [7, 11) is -3.04. The molecule has 0 unspecified atom stereocenters. The fourth-order valence-corrected chi connectivity index (χ4v) is 4.11. The molecule has 0 aliphatic rings. The van der Waals surface area contributed by atoms with Gasteiger partial charge in [0.1, 0.15) is 5.82 Å². The Hall–Kier alpha value is -1.33. The molecule has 0 heterocycles. The van der Waals surface area contributed by atoms with Crippen LogP contribution in [0.15, 0.2) is 64.4 Å². The Labute approximate surface area is 103 Å². The summed E-state index contributed by atoms with van der Waals surface area (Å²) in [5.41, 5.74) is 0. The quantitative estimate of drug-likeness (QED) is 0.801. The Morgan fingerprint density at radius 3 is 2.12 bits per heavy atom. The first kappa shape index (κ1) is 12.1. The molecule has 2 nitrogen and oxygen atoms in total. The molecule has 5 heteroatoms. The summed E-state index contributed by atoms with van der Waals surface area (Å²) in [5.74, 6) is -0.531. The van der Waals surface area contributed by atoms with E-state index in [4.69, 9.17) is 0 Å². The summed E-state index contributed by atoms with van der Waals surface area (Å²) in [5, 5.41) is 0. The predicted molar refractivity (Wildman–Crippen MR) is 65.9 cm³/mol. The van der Waals surface area contributed by atoms with Crippen LogP contribution in [0, 0.1) is 5.82 Å². The molecule has 0 aliphatic heterocycles. The van der Waals surface area contributed by atoms with Gasteiger partial charge in [0.05, 0.1) is 9.79 Å². The lowest BCUT2D eigenvalue weighted by Gasteiger charge is -2.04. The smallest absolute Gasteiger partial charge is 0.212 e. The number of hydrogen-bond acceptors (Lipinski definition) is 3. The van der Waals surface area contributed by atoms with Crippen molar-refractivity contribution in [3.63, 3.8) is 0 Å². The van der Waals surface area contributed by atoms with Gasteiger partial charge in [-0.15, -0.1) is 0 Å². The minimum atomic E-state index is -3.56. The van der Waals surface area contributed by atoms with Gasteiger partial charge in [0.15, 0.2) is 0 Å². The van der Waals surface area contributed by atoms with Gasteiger partial charge in [-0.3, -0.25) is 0 Å². The Morgan fingerprint density at radius 2 is 1.47 bits per heavy atom. The van der Waals surface area contributed by atoms with E-state index in [1.807, 2.05) is 0 Å². The van der Waals surface area contributed by atoms with E-state index in [1.54, 1.807) is 24.3 Å². The monoisotopic (exact) mass is 268 g/mol. The molecule has 0 radical (unpaired) electrons. The van der Waals surface area contributed by atoms with Crippen LogP contribution in [0.2, 0.25) is 0 Å². The van der Waals surface area contributed by atoms with Crippen LogP contribution in [0.4, 0.5) is 4.39 Å². The van der Waals surface area contributed by atoms with Crippen molar-refractivity contribution in [3.8, 4) is 0 Å². The van der Waals surface area contributed by atoms with E-state index in [1.165, 1.54) is 30.3 Å². The van der Waals surface area contributed by atoms with Crippen molar-refractivity contribution in [2.24, 2.45) is 0 Å². The van der Waals surface area contributed by atoms with E-state index in [2.05, 4.69) is 0 Å². The van der Waals surface area contributed by atoms with Gasteiger partial charge in [-0.1, -0.05) is 30.3 Å². The SMILES string of the molecule is O=S(=O)(Sc1ccccc1F)c1ccccc1. The first-order chi connectivity index (χ1) is 8.09. The molecule has 0 spiro atoms. The summed E-state index contributed by atoms with van der Waals surface area (Å²) in [6.07, 6.45) is 0. The minimum absolute atomic E-state index is 0.108. The van der Waals surface area contributed by atoms with E-state index >= 15 is 0 Å². The lowest BCUT2D eigenvalue weighted by Crippen LogP contribution is -1.95. The molecule has 0 aliphatic carbocycles. The summed E-state index contributed by atoms with van der Waals surface area (Å²) in [6, 6.07) is 13.8. The zero-order chi connectivity index (χ0) is 12.3. The Morgan fingerprint density at radius 1 is 0.882 bits per heavy atom. The molecule has 17 heavy (non-hydrogen) atoms. The summed E-state index contributed by atoms with van der Waals surface area (Å²) in [6.45, 7) is 0. The van der Waals surface area contributed by atoms with Gasteiger partial charge < -0.3 is 0 Å². The van der Waals surface area contributed by atoms with Crippen molar-refractivity contribution in [1.82, 2.24) is 0 Å². The van der Waals surface area contributed by atoms with Crippen LogP contribution in [0.3, 0.4) is 0 Å². The fraction of sp³-hybridized carbons (Fsp3) is 0. The molecular formula is C12H9FO2S2. The first-order valence-electron chi connectivity index (χ1n) is 4.84. The van der Waals surface area contributed by atoms with Gasteiger partial charge in [0.2, 0.25) is 8.87 Å². The molecule has 88 valence electrons. The second kappa shape index (κ2) is 4.89. The molecule has 2 aromatic rings. The van der Waals surface area contributed by atoms with Crippen LogP contribution in [0.1, 0.15) is 0 Å². The van der Waals surface area contributed by atoms with Crippen molar-refractivity contribution in [2.45, 2.75) is 9.79 Å². The molecule has 0 bridgehead atoms. The number of halogens is 1. The summed E-state index contributed by atoms with van der Waals surface area (Å²) >= 11 is 0. The van der Waals surface area contributed by atoms with E-state index in [0.717, 1.165) is 0 Å². The van der Waals surface area contributed by atoms with Crippen molar-refractivity contribution in [3.05, 3.63) is 60.4 Å². The zero-order valence-corrected chi connectivity index (χ0v) is 10.3. The molecular weight excluding hydrogens is 259 g/mol. The van der Waals surface area contributed by atoms with E-state index in [9.17, 15) is 12.8 Å². The highest BCUT2D eigenvalue weighted by molar-refractivity contribution is 8.72. The molecule has 0 saturated heterocycles. The third kappa shape index (κ3) is 2.87. The van der Waals surface area contributed by atoms with Crippen LogP contribution in [-0.4, -0.2) is 8.42 Å². The second-order valence-corrected chi connectivity index (χ2v) is 7.08. The maximum Gasteiger partial charge on any atom is 0.234 e. The van der Waals surface area contributed by atoms with Crippen molar-refractivity contribution in [1.29, 1.82) is 0 Å². The summed E-state index contributed by atoms with van der Waals surface area (Å²) in [4.78, 5) is 0.282. The van der Waals surface area contributed by atoms with Crippen LogP contribution in [0.5, 0.6) is 0 Å². The first-order valence-corrected chi connectivity index (χ1v) is 7.65. The van der Waals surface area contributed by atoms with Gasteiger partial charge >= 0.3 is 0 Å². The van der Waals surface area contributed by atoms with Crippen LogP contribution in [0.25, 0.3) is 0 Å². The van der Waals surface area contributed by atoms with Crippen molar-refractivity contribution >= 4 is 19.7 Å². The average molecular weight is 268 g/mol. The molecule has 0 saturated carbocycles. The molecule has 2 aromatic carbocycles. The lowest BCUT2D eigenvalue weighted by molar-refractivity contribution is 0.599. The fourth-order valence-electron chi connectivity index (χ4n) is 1.27. The largest absolute Gasteiger partial charge is 0.234 e. The maximum atomic E-state index is 13.4. The number of rotatable bonds is 3. The molecule has 2 rings (SSSR count). The van der Waals surface area contributed by atoms with E-state index in [0.29, 0.717) is 10.8 Å². The van der Waals surface area contributed by atoms with Gasteiger partial charge in [0.25, 0.3) is 0 Å². The van der Waals surface area contributed by atoms with Crippen LogP contribution < -0.4 is 0 Å². The third-order valence-corrected chi connectivity index (χ3v) is 5.42. The summed E-state index contributed by atoms with van der Waals surface area (Å²) < 4.78 is 37.3. The molecule has 0 atom stereocenters. The van der Waals surface area contributed by atoms with Crippen molar-refractivity contribution < 1.29 is 12.8 Å². The third-order valence-electron chi connectivity index (χ3n) is 2.07. The van der Waals surface area contributed by atoms with E-state index < -0.39 is 14.7 Å². The van der Waals surface area contributed by atoms with Gasteiger partial charge in [-0.25, -0.2) is 12.8 Å². The highest BCUT2D eigenvalue weighted by atomic mass is 33.1. The van der Waals surface area contributed by atoms with Crippen LogP contribution >= 0.6 is 10.8 Å². The molecule has 0 aromatic heterocycles. The topological polar surface area (TPSA) is 34.1 Å². The highest BCUT2D eigenvalue weighted by Crippen LogP contribution is 2.31. The van der Waals surface area contributed by atoms with Gasteiger partial charge in [-0.05, 0) is 24.3 Å². The minimum Gasteiger partial charge on any atom is -0.212 e. The lowest BCUT2D eigenvalue weighted by atomic mass is 10.4. The predicted octanol–water partition coefficient (Wildman–Crippen LogP) is 3.31. The maximum absolute atomic E-state index is 13.4. The Balaban J connectivity index is 2.34. The second-order valence-electron chi connectivity index (χ2n) is 3.28. The van der Waals surface area contributed by atoms with Gasteiger partial charge in [-0.2, -0.15) is 0 Å². The number of benzene rings is 2. The highest BCUT2D eigenvalue weighted by Gasteiger charge is 2.17. The molecule has 0 N–H and O–H groups in total. The molecule has 0 amide bonds. The van der Waals surface area contributed by atoms with E-state index in [-0.39, 0.29) is 9.79 Å². The normalized spacial score (nSPS) is 11.4. The average Bonchev–Trinajstić information content (AvgIpc) is 2.33. The Kier molecular flexibility index (Phi) is 3.49. The zero-order valence-electron chi connectivity index (χ0n) is 8.71. The van der Waals surface area contributed by atoms with Crippen LogP contribution in [-0.2, 0) is 8.87 Å². The number of hydrogen-bond donors (Lipinski definition) is 0. The Bertz CT molecular complexity index is 609. The van der Waals surface area contributed by atoms with Crippen molar-refractivity contribution in [2.75, 3.05) is 0 Å². The standard InChI is InChI=1S/C12H9FO2S2/c13-11-8-4-5-9-12(11)16-17(14,15)10-6-2-1-3-7-10/h1-9H.